The van der Waals surface area contributed by atoms with E-state index in [0.29, 0.717) is 30.8 Å². The highest BCUT2D eigenvalue weighted by atomic mass is 19.1. The van der Waals surface area contributed by atoms with Crippen molar-refractivity contribution in [3.8, 4) is 0 Å². The molecule has 0 radical (unpaired) electrons. The van der Waals surface area contributed by atoms with E-state index in [9.17, 15) is 18.7 Å². The van der Waals surface area contributed by atoms with Crippen LogP contribution in [0.2, 0.25) is 0 Å². The van der Waals surface area contributed by atoms with Gasteiger partial charge in [0.05, 0.1) is 28.9 Å². The zero-order valence-electron chi connectivity index (χ0n) is 18.6. The number of rotatable bonds is 8. The molecule has 0 bridgehead atoms. The first-order chi connectivity index (χ1) is 15.7. The maximum atomic E-state index is 14.1. The molecule has 1 amide bonds. The lowest BCUT2D eigenvalue weighted by Crippen LogP contribution is -2.42. The number of aliphatic hydroxyl groups is 1. The number of hydrogen-bond donors (Lipinski definition) is 4. The molecule has 1 aliphatic carbocycles. The van der Waals surface area contributed by atoms with Gasteiger partial charge in [-0.05, 0) is 51.3 Å². The topological polar surface area (TPSA) is 104 Å². The summed E-state index contributed by atoms with van der Waals surface area (Å²) in [5, 5.41) is 22.9. The molecule has 176 valence electrons. The molecule has 0 aromatic carbocycles. The predicted molar refractivity (Wildman–Crippen MR) is 122 cm³/mol. The van der Waals surface area contributed by atoms with Crippen LogP contribution in [0.1, 0.15) is 43.5 Å². The Morgan fingerprint density at radius 2 is 2.15 bits per heavy atom. The summed E-state index contributed by atoms with van der Waals surface area (Å²) in [6, 6.07) is 7.20. The van der Waals surface area contributed by atoms with Crippen molar-refractivity contribution in [1.29, 1.82) is 0 Å². The van der Waals surface area contributed by atoms with Crippen LogP contribution < -0.4 is 16.0 Å². The molecule has 33 heavy (non-hydrogen) atoms. The molecule has 0 spiro atoms. The summed E-state index contributed by atoms with van der Waals surface area (Å²) in [7, 11) is 0. The van der Waals surface area contributed by atoms with Crippen LogP contribution in [-0.4, -0.2) is 56.1 Å². The normalized spacial score (nSPS) is 19.4. The van der Waals surface area contributed by atoms with Crippen molar-refractivity contribution in [2.24, 2.45) is 0 Å². The molecule has 3 aromatic rings. The lowest BCUT2D eigenvalue weighted by Gasteiger charge is -2.23. The Morgan fingerprint density at radius 3 is 2.88 bits per heavy atom. The van der Waals surface area contributed by atoms with Gasteiger partial charge in [-0.15, -0.1) is 0 Å². The standard InChI is InChI=1S/C23H28F2N6O2/c1-23(2,33)20(25)13-27-22(32)18-12-26-21(11-19(18)29-15-4-3-14(24)9-15)30-16-6-8-31-17(10-16)5-7-28-31/h5-8,10-12,14-15,20,33H,3-4,9,13H2,1-2H3,(H,27,32)(H2,26,29,30). The van der Waals surface area contributed by atoms with Gasteiger partial charge in [-0.25, -0.2) is 18.3 Å². The number of nitrogens with zero attached hydrogens (tertiary/aromatic N) is 3. The lowest BCUT2D eigenvalue weighted by molar-refractivity contribution is -0.00177. The second kappa shape index (κ2) is 9.30. The fraction of sp³-hybridized carbons (Fsp3) is 0.435. The number of nitrogens with one attached hydrogen (secondary N) is 3. The van der Waals surface area contributed by atoms with E-state index in [4.69, 9.17) is 0 Å². The molecule has 10 heteroatoms. The van der Waals surface area contributed by atoms with Crippen molar-refractivity contribution < 1.29 is 18.7 Å². The van der Waals surface area contributed by atoms with E-state index in [1.165, 1.54) is 20.0 Å². The molecule has 1 aliphatic rings. The highest BCUT2D eigenvalue weighted by molar-refractivity contribution is 6.00. The van der Waals surface area contributed by atoms with E-state index >= 15 is 0 Å². The largest absolute Gasteiger partial charge is 0.387 e. The molecule has 8 nitrogen and oxygen atoms in total. The Hall–Kier alpha value is -3.27. The van der Waals surface area contributed by atoms with Crippen LogP contribution in [0.5, 0.6) is 0 Å². The molecule has 3 heterocycles. The Balaban J connectivity index is 1.55. The van der Waals surface area contributed by atoms with E-state index in [1.54, 1.807) is 16.8 Å². The lowest BCUT2D eigenvalue weighted by atomic mass is 10.0. The molecule has 1 saturated carbocycles. The van der Waals surface area contributed by atoms with Gasteiger partial charge in [0.15, 0.2) is 0 Å². The average Bonchev–Trinajstić information content (AvgIpc) is 3.39. The van der Waals surface area contributed by atoms with E-state index in [2.05, 4.69) is 26.0 Å². The smallest absolute Gasteiger partial charge is 0.255 e. The van der Waals surface area contributed by atoms with Crippen LogP contribution in [0.4, 0.5) is 26.0 Å². The van der Waals surface area contributed by atoms with Gasteiger partial charge in [-0.3, -0.25) is 4.79 Å². The van der Waals surface area contributed by atoms with Crippen molar-refractivity contribution in [3.05, 3.63) is 48.4 Å². The summed E-state index contributed by atoms with van der Waals surface area (Å²) < 4.78 is 29.5. The van der Waals surface area contributed by atoms with Gasteiger partial charge in [0.25, 0.3) is 5.91 Å². The zero-order chi connectivity index (χ0) is 23.6. The molecule has 3 unspecified atom stereocenters. The number of carbonyl (C=O) groups excluding carboxylic acids is 1. The Kier molecular flexibility index (Phi) is 6.46. The minimum Gasteiger partial charge on any atom is -0.387 e. The molecule has 0 saturated heterocycles. The van der Waals surface area contributed by atoms with Gasteiger partial charge in [-0.2, -0.15) is 5.10 Å². The minimum absolute atomic E-state index is 0.116. The number of amides is 1. The number of aromatic nitrogens is 3. The second-order valence-electron chi connectivity index (χ2n) is 8.94. The number of fused-ring (bicyclic) bond motifs is 1. The third-order valence-electron chi connectivity index (χ3n) is 5.76. The van der Waals surface area contributed by atoms with Gasteiger partial charge in [0.2, 0.25) is 0 Å². The molecule has 0 aliphatic heterocycles. The van der Waals surface area contributed by atoms with E-state index < -0.39 is 23.9 Å². The first-order valence-electron chi connectivity index (χ1n) is 10.9. The van der Waals surface area contributed by atoms with Crippen molar-refractivity contribution >= 4 is 28.6 Å². The monoisotopic (exact) mass is 458 g/mol. The van der Waals surface area contributed by atoms with Crippen LogP contribution in [0.15, 0.2) is 42.9 Å². The van der Waals surface area contributed by atoms with Crippen LogP contribution >= 0.6 is 0 Å². The van der Waals surface area contributed by atoms with Crippen LogP contribution in [-0.2, 0) is 0 Å². The molecular weight excluding hydrogens is 430 g/mol. The number of halogens is 2. The number of anilines is 3. The summed E-state index contributed by atoms with van der Waals surface area (Å²) in [4.78, 5) is 17.1. The van der Waals surface area contributed by atoms with Crippen LogP contribution in [0, 0.1) is 0 Å². The van der Waals surface area contributed by atoms with Gasteiger partial charge in [0, 0.05) is 36.4 Å². The molecule has 4 rings (SSSR count). The van der Waals surface area contributed by atoms with Gasteiger partial charge < -0.3 is 21.1 Å². The molecule has 3 atom stereocenters. The van der Waals surface area contributed by atoms with E-state index in [1.807, 2.05) is 24.4 Å². The first kappa shape index (κ1) is 22.9. The summed E-state index contributed by atoms with van der Waals surface area (Å²) >= 11 is 0. The fourth-order valence-electron chi connectivity index (χ4n) is 3.78. The van der Waals surface area contributed by atoms with Crippen molar-refractivity contribution in [2.75, 3.05) is 17.2 Å². The SMILES string of the molecule is CC(C)(O)C(F)CNC(=O)c1cnc(Nc2ccn3nccc3c2)cc1NC1CCC(F)C1. The predicted octanol–water partition coefficient (Wildman–Crippen LogP) is 3.61. The Bertz CT molecular complexity index is 1130. The molecular formula is C23H28F2N6O2. The molecule has 1 fully saturated rings. The Labute approximate surface area is 190 Å². The molecule has 4 N–H and O–H groups in total. The highest BCUT2D eigenvalue weighted by Crippen LogP contribution is 2.29. The maximum Gasteiger partial charge on any atom is 0.255 e. The second-order valence-corrected chi connectivity index (χ2v) is 8.94. The number of pyridine rings is 2. The summed E-state index contributed by atoms with van der Waals surface area (Å²) in [6.45, 7) is 2.34. The minimum atomic E-state index is -1.63. The van der Waals surface area contributed by atoms with Crippen LogP contribution in [0.3, 0.4) is 0 Å². The average molecular weight is 459 g/mol. The summed E-state index contributed by atoms with van der Waals surface area (Å²) in [5.41, 5.74) is 0.817. The van der Waals surface area contributed by atoms with Crippen molar-refractivity contribution in [2.45, 2.75) is 57.1 Å². The zero-order valence-corrected chi connectivity index (χ0v) is 18.6. The van der Waals surface area contributed by atoms with E-state index in [-0.39, 0.29) is 18.2 Å². The fourth-order valence-corrected chi connectivity index (χ4v) is 3.78. The van der Waals surface area contributed by atoms with Crippen molar-refractivity contribution in [1.82, 2.24) is 19.9 Å². The summed E-state index contributed by atoms with van der Waals surface area (Å²) in [6.07, 6.45) is 3.88. The molecule has 3 aromatic heterocycles. The first-order valence-corrected chi connectivity index (χ1v) is 10.9. The van der Waals surface area contributed by atoms with E-state index in [0.717, 1.165) is 11.2 Å². The van der Waals surface area contributed by atoms with Crippen LogP contribution in [0.25, 0.3) is 5.52 Å². The van der Waals surface area contributed by atoms with Gasteiger partial charge in [0.1, 0.15) is 18.2 Å². The quantitative estimate of drug-likeness (QED) is 0.411. The third kappa shape index (κ3) is 5.57. The van der Waals surface area contributed by atoms with Gasteiger partial charge in [-0.1, -0.05) is 0 Å². The highest BCUT2D eigenvalue weighted by Gasteiger charge is 2.28. The van der Waals surface area contributed by atoms with Gasteiger partial charge >= 0.3 is 0 Å². The van der Waals surface area contributed by atoms with Crippen molar-refractivity contribution in [3.63, 3.8) is 0 Å². The number of alkyl halides is 2. The number of carbonyl (C=O) groups is 1. The summed E-state index contributed by atoms with van der Waals surface area (Å²) in [5.74, 6) is -0.0357. The third-order valence-corrected chi connectivity index (χ3v) is 5.76. The number of hydrogen-bond acceptors (Lipinski definition) is 6. The Morgan fingerprint density at radius 1 is 1.33 bits per heavy atom. The maximum absolute atomic E-state index is 14.1.